The molecule has 5 rings (SSSR count). The summed E-state index contributed by atoms with van der Waals surface area (Å²) in [5, 5.41) is 4.44. The fourth-order valence-corrected chi connectivity index (χ4v) is 6.04. The van der Waals surface area contributed by atoms with Crippen LogP contribution in [0.2, 0.25) is 0 Å². The van der Waals surface area contributed by atoms with Crippen molar-refractivity contribution >= 4 is 17.5 Å². The first-order valence-corrected chi connectivity index (χ1v) is 14.1. The molecule has 2 aromatic heterocycles. The SMILES string of the molecule is CCc1ccc(OCCOC)c(CCC2(C3CCCC3)CC(=O)C(Cc3nc4ncc(C)cn4n3)C(=O)O2)c1. The van der Waals surface area contributed by atoms with Crippen LogP contribution in [-0.2, 0) is 38.3 Å². The van der Waals surface area contributed by atoms with Crippen LogP contribution in [0, 0.1) is 18.8 Å². The zero-order chi connectivity index (χ0) is 27.4. The number of benzene rings is 1. The van der Waals surface area contributed by atoms with Gasteiger partial charge in [-0.15, -0.1) is 5.10 Å². The fraction of sp³-hybridized carbons (Fsp3) is 0.567. The molecule has 1 saturated heterocycles. The second kappa shape index (κ2) is 11.8. The Bertz CT molecular complexity index is 1310. The van der Waals surface area contributed by atoms with Crippen molar-refractivity contribution in [3.05, 3.63) is 53.1 Å². The number of rotatable bonds is 11. The monoisotopic (exact) mass is 534 g/mol. The Balaban J connectivity index is 1.35. The maximum Gasteiger partial charge on any atom is 0.317 e. The maximum absolute atomic E-state index is 13.6. The van der Waals surface area contributed by atoms with Gasteiger partial charge in [0.15, 0.2) is 11.6 Å². The highest BCUT2D eigenvalue weighted by Gasteiger charge is 2.51. The van der Waals surface area contributed by atoms with Crippen molar-refractivity contribution in [2.45, 2.75) is 77.2 Å². The van der Waals surface area contributed by atoms with Crippen molar-refractivity contribution in [1.29, 1.82) is 0 Å². The number of carbonyl (C=O) groups excluding carboxylic acids is 2. The molecule has 2 fully saturated rings. The number of esters is 1. The molecular weight excluding hydrogens is 496 g/mol. The van der Waals surface area contributed by atoms with Crippen LogP contribution in [0.1, 0.15) is 68.0 Å². The number of carbonyl (C=O) groups is 2. The average Bonchev–Trinajstić information content (AvgIpc) is 3.60. The highest BCUT2D eigenvalue weighted by atomic mass is 16.6. The topological polar surface area (TPSA) is 105 Å². The first kappa shape index (κ1) is 27.2. The first-order valence-electron chi connectivity index (χ1n) is 14.1. The highest BCUT2D eigenvalue weighted by molar-refractivity contribution is 6.01. The highest BCUT2D eigenvalue weighted by Crippen LogP contribution is 2.45. The van der Waals surface area contributed by atoms with E-state index in [9.17, 15) is 9.59 Å². The number of fused-ring (bicyclic) bond motifs is 1. The van der Waals surface area contributed by atoms with Crippen molar-refractivity contribution in [3.63, 3.8) is 0 Å². The van der Waals surface area contributed by atoms with Gasteiger partial charge in [-0.1, -0.05) is 31.9 Å². The lowest BCUT2D eigenvalue weighted by Gasteiger charge is -2.43. The van der Waals surface area contributed by atoms with Gasteiger partial charge in [0.1, 0.15) is 23.9 Å². The number of aryl methyl sites for hydroxylation is 3. The molecule has 3 aromatic rings. The van der Waals surface area contributed by atoms with E-state index in [0.29, 0.717) is 37.7 Å². The van der Waals surface area contributed by atoms with Gasteiger partial charge in [0.2, 0.25) is 0 Å². The number of Topliss-reactive ketones (excluding diaryl/α,β-unsaturated/α-hetero) is 1. The molecule has 9 nitrogen and oxygen atoms in total. The van der Waals surface area contributed by atoms with Crippen LogP contribution in [0.25, 0.3) is 5.78 Å². The van der Waals surface area contributed by atoms with Crippen molar-refractivity contribution in [3.8, 4) is 5.75 Å². The summed E-state index contributed by atoms with van der Waals surface area (Å²) in [6.07, 6.45) is 10.2. The Morgan fingerprint density at radius 1 is 1.18 bits per heavy atom. The molecule has 0 bridgehead atoms. The maximum atomic E-state index is 13.6. The van der Waals surface area contributed by atoms with Gasteiger partial charge in [0.05, 0.1) is 6.61 Å². The van der Waals surface area contributed by atoms with Crippen LogP contribution in [-0.4, -0.2) is 57.3 Å². The average molecular weight is 535 g/mol. The Morgan fingerprint density at radius 2 is 2.00 bits per heavy atom. The summed E-state index contributed by atoms with van der Waals surface area (Å²) in [5.74, 6) is 0.434. The quantitative estimate of drug-likeness (QED) is 0.204. The summed E-state index contributed by atoms with van der Waals surface area (Å²) >= 11 is 0. The van der Waals surface area contributed by atoms with E-state index in [1.165, 1.54) is 5.56 Å². The third-order valence-electron chi connectivity index (χ3n) is 8.20. The molecule has 2 atom stereocenters. The molecule has 0 radical (unpaired) electrons. The number of hydrogen-bond acceptors (Lipinski definition) is 8. The van der Waals surface area contributed by atoms with Crippen LogP contribution in [0.3, 0.4) is 0 Å². The van der Waals surface area contributed by atoms with E-state index < -0.39 is 17.5 Å². The predicted octanol–water partition coefficient (Wildman–Crippen LogP) is 4.26. The van der Waals surface area contributed by atoms with Gasteiger partial charge in [-0.3, -0.25) is 9.59 Å². The largest absolute Gasteiger partial charge is 0.491 e. The number of aromatic nitrogens is 4. The number of ketones is 1. The number of cyclic esters (lactones) is 1. The minimum atomic E-state index is -0.894. The summed E-state index contributed by atoms with van der Waals surface area (Å²) in [6, 6.07) is 6.26. The normalized spacial score (nSPS) is 22.0. The van der Waals surface area contributed by atoms with E-state index in [2.05, 4.69) is 34.1 Å². The Kier molecular flexibility index (Phi) is 8.26. The van der Waals surface area contributed by atoms with E-state index in [1.807, 2.05) is 19.2 Å². The molecule has 1 aromatic carbocycles. The summed E-state index contributed by atoms with van der Waals surface area (Å²) in [6.45, 7) is 5.02. The lowest BCUT2D eigenvalue weighted by molar-refractivity contribution is -0.185. The van der Waals surface area contributed by atoms with E-state index in [0.717, 1.165) is 49.0 Å². The van der Waals surface area contributed by atoms with Gasteiger partial charge in [0, 0.05) is 32.3 Å². The molecule has 9 heteroatoms. The second-order valence-corrected chi connectivity index (χ2v) is 10.9. The molecule has 0 N–H and O–H groups in total. The van der Waals surface area contributed by atoms with Gasteiger partial charge in [-0.25, -0.2) is 9.50 Å². The number of nitrogens with zero attached hydrogens (tertiary/aromatic N) is 4. The van der Waals surface area contributed by atoms with Crippen LogP contribution in [0.4, 0.5) is 0 Å². The zero-order valence-electron chi connectivity index (χ0n) is 23.1. The molecule has 0 amide bonds. The van der Waals surface area contributed by atoms with Crippen LogP contribution < -0.4 is 4.74 Å². The van der Waals surface area contributed by atoms with E-state index in [1.54, 1.807) is 17.8 Å². The molecule has 1 aliphatic heterocycles. The molecule has 1 aliphatic carbocycles. The minimum absolute atomic E-state index is 0.0833. The summed E-state index contributed by atoms with van der Waals surface area (Å²) in [7, 11) is 1.65. The predicted molar refractivity (Wildman–Crippen MR) is 145 cm³/mol. The van der Waals surface area contributed by atoms with E-state index >= 15 is 0 Å². The first-order chi connectivity index (χ1) is 18.9. The standard InChI is InChI=1S/C30H38N4O5/c1-4-21-9-10-26(38-14-13-37-3)22(15-21)11-12-30(23-7-5-6-8-23)17-25(35)24(28(36)39-30)16-27-32-29-31-18-20(2)19-34(29)33-27/h9-10,15,18-19,23-24H,4-8,11-14,16-17H2,1-3H3. The third kappa shape index (κ3) is 5.98. The van der Waals surface area contributed by atoms with Gasteiger partial charge >= 0.3 is 5.97 Å². The zero-order valence-corrected chi connectivity index (χ0v) is 23.1. The number of methoxy groups -OCH3 is 1. The third-order valence-corrected chi connectivity index (χ3v) is 8.20. The van der Waals surface area contributed by atoms with Crippen molar-refractivity contribution in [2.24, 2.45) is 11.8 Å². The lowest BCUT2D eigenvalue weighted by Crippen LogP contribution is -2.52. The minimum Gasteiger partial charge on any atom is -0.491 e. The number of hydrogen-bond donors (Lipinski definition) is 0. The molecule has 2 unspecified atom stereocenters. The Morgan fingerprint density at radius 3 is 2.74 bits per heavy atom. The smallest absolute Gasteiger partial charge is 0.317 e. The van der Waals surface area contributed by atoms with Crippen molar-refractivity contribution < 1.29 is 23.8 Å². The lowest BCUT2D eigenvalue weighted by atomic mass is 9.73. The Hall–Kier alpha value is -3.33. The number of ether oxygens (including phenoxy) is 3. The fourth-order valence-electron chi connectivity index (χ4n) is 6.04. The molecule has 2 aliphatic rings. The van der Waals surface area contributed by atoms with Gasteiger partial charge in [0.25, 0.3) is 5.78 Å². The van der Waals surface area contributed by atoms with Gasteiger partial charge < -0.3 is 14.2 Å². The molecule has 0 spiro atoms. The van der Waals surface area contributed by atoms with Crippen LogP contribution in [0.5, 0.6) is 5.75 Å². The van der Waals surface area contributed by atoms with Crippen molar-refractivity contribution in [1.82, 2.24) is 19.6 Å². The van der Waals surface area contributed by atoms with Gasteiger partial charge in [-0.2, -0.15) is 4.98 Å². The summed E-state index contributed by atoms with van der Waals surface area (Å²) in [4.78, 5) is 35.7. The molecular formula is C30H38N4O5. The van der Waals surface area contributed by atoms with Crippen LogP contribution in [0.15, 0.2) is 30.6 Å². The second-order valence-electron chi connectivity index (χ2n) is 10.9. The molecule has 208 valence electrons. The molecule has 39 heavy (non-hydrogen) atoms. The molecule has 1 saturated carbocycles. The van der Waals surface area contributed by atoms with Crippen molar-refractivity contribution in [2.75, 3.05) is 20.3 Å². The molecule has 3 heterocycles. The van der Waals surface area contributed by atoms with Gasteiger partial charge in [-0.05, 0) is 67.7 Å². The summed E-state index contributed by atoms with van der Waals surface area (Å²) < 4.78 is 19.1. The van der Waals surface area contributed by atoms with E-state index in [4.69, 9.17) is 14.2 Å². The van der Waals surface area contributed by atoms with E-state index in [-0.39, 0.29) is 24.5 Å². The van der Waals surface area contributed by atoms with Crippen LogP contribution >= 0.6 is 0 Å². The summed E-state index contributed by atoms with van der Waals surface area (Å²) in [5.41, 5.74) is 2.45. The Labute approximate surface area is 229 Å².